The van der Waals surface area contributed by atoms with E-state index in [2.05, 4.69) is 0 Å². The summed E-state index contributed by atoms with van der Waals surface area (Å²) in [5.41, 5.74) is 6.52. The zero-order valence-corrected chi connectivity index (χ0v) is 11.3. The monoisotopic (exact) mass is 288 g/mol. The zero-order chi connectivity index (χ0) is 13.0. The van der Waals surface area contributed by atoms with Gasteiger partial charge in [0.25, 0.3) is 0 Å². The fourth-order valence-electron chi connectivity index (χ4n) is 1.93. The molecule has 0 aliphatic carbocycles. The van der Waals surface area contributed by atoms with Gasteiger partial charge in [0.2, 0.25) is 0 Å². The average Bonchev–Trinajstić information content (AvgIpc) is 2.40. The van der Waals surface area contributed by atoms with Gasteiger partial charge in [0, 0.05) is 13.1 Å². The van der Waals surface area contributed by atoms with Crippen LogP contribution >= 0.6 is 12.4 Å². The average molecular weight is 289 g/mol. The molecule has 1 aromatic rings. The summed E-state index contributed by atoms with van der Waals surface area (Å²) in [7, 11) is 0. The van der Waals surface area contributed by atoms with Crippen molar-refractivity contribution < 1.29 is 13.9 Å². The maximum atomic E-state index is 13.2. The second kappa shape index (κ2) is 7.31. The molecule has 4 nitrogen and oxygen atoms in total. The third-order valence-corrected chi connectivity index (χ3v) is 3.03. The minimum absolute atomic E-state index is 0. The summed E-state index contributed by atoms with van der Waals surface area (Å²) in [6.45, 7) is 0.807. The molecule has 0 unspecified atom stereocenters. The number of likely N-dealkylation sites (tertiary alicyclic amines) is 1. The largest absolute Gasteiger partial charge is 0.445 e. The fraction of sp³-hybridized carbons (Fsp3) is 0.462. The van der Waals surface area contributed by atoms with Crippen LogP contribution in [0.25, 0.3) is 0 Å². The molecular weight excluding hydrogens is 271 g/mol. The van der Waals surface area contributed by atoms with E-state index in [9.17, 15) is 9.18 Å². The molecule has 19 heavy (non-hydrogen) atoms. The van der Waals surface area contributed by atoms with Gasteiger partial charge in [-0.1, -0.05) is 30.3 Å². The summed E-state index contributed by atoms with van der Waals surface area (Å²) >= 11 is 0. The summed E-state index contributed by atoms with van der Waals surface area (Å²) < 4.78 is 18.3. The van der Waals surface area contributed by atoms with Crippen molar-refractivity contribution in [1.29, 1.82) is 0 Å². The summed E-state index contributed by atoms with van der Waals surface area (Å²) in [4.78, 5) is 13.2. The van der Waals surface area contributed by atoms with Gasteiger partial charge in [0.15, 0.2) is 0 Å². The molecule has 2 rings (SSSR count). The van der Waals surface area contributed by atoms with Crippen LogP contribution in [-0.4, -0.2) is 36.3 Å². The molecule has 0 aromatic heterocycles. The molecule has 1 aromatic carbocycles. The van der Waals surface area contributed by atoms with E-state index in [0.717, 1.165) is 5.56 Å². The Morgan fingerprint density at radius 1 is 1.42 bits per heavy atom. The minimum atomic E-state index is -1.02. The molecule has 0 radical (unpaired) electrons. The molecule has 1 amide bonds. The van der Waals surface area contributed by atoms with Crippen LogP contribution in [0.2, 0.25) is 0 Å². The molecule has 6 heteroatoms. The van der Waals surface area contributed by atoms with Crippen LogP contribution in [0.1, 0.15) is 12.0 Å². The van der Waals surface area contributed by atoms with Crippen LogP contribution in [0.5, 0.6) is 0 Å². The van der Waals surface area contributed by atoms with Crippen molar-refractivity contribution in [3.05, 3.63) is 35.9 Å². The van der Waals surface area contributed by atoms with Crippen molar-refractivity contribution in [2.45, 2.75) is 25.2 Å². The summed E-state index contributed by atoms with van der Waals surface area (Å²) in [6, 6.07) is 8.82. The number of amides is 1. The number of halogens is 2. The summed E-state index contributed by atoms with van der Waals surface area (Å²) in [5, 5.41) is 0. The number of hydrogen-bond acceptors (Lipinski definition) is 3. The van der Waals surface area contributed by atoms with Gasteiger partial charge in [0.1, 0.15) is 12.8 Å². The molecule has 106 valence electrons. The van der Waals surface area contributed by atoms with Crippen molar-refractivity contribution in [2.24, 2.45) is 5.73 Å². The number of ether oxygens (including phenoxy) is 1. The van der Waals surface area contributed by atoms with E-state index in [1.807, 2.05) is 30.3 Å². The fourth-order valence-corrected chi connectivity index (χ4v) is 1.93. The van der Waals surface area contributed by atoms with Crippen LogP contribution in [0.4, 0.5) is 9.18 Å². The minimum Gasteiger partial charge on any atom is -0.445 e. The van der Waals surface area contributed by atoms with Gasteiger partial charge in [-0.3, -0.25) is 0 Å². The molecule has 0 spiro atoms. The first kappa shape index (κ1) is 15.7. The maximum Gasteiger partial charge on any atom is 0.410 e. The van der Waals surface area contributed by atoms with Gasteiger partial charge < -0.3 is 15.4 Å². The third kappa shape index (κ3) is 4.36. The van der Waals surface area contributed by atoms with Gasteiger partial charge in [-0.25, -0.2) is 9.18 Å². The second-order valence-corrected chi connectivity index (χ2v) is 4.45. The van der Waals surface area contributed by atoms with Gasteiger partial charge in [-0.2, -0.15) is 0 Å². The standard InChI is InChI=1S/C13H17FN2O2.ClH/c14-11-6-7-16(8-12(11)15)13(17)18-9-10-4-2-1-3-5-10;/h1-5,11-12H,6-9,15H2;1H/t11-,12+;/m0./s1. The molecule has 2 atom stereocenters. The Balaban J connectivity index is 0.00000180. The van der Waals surface area contributed by atoms with Crippen molar-refractivity contribution in [1.82, 2.24) is 4.90 Å². The number of rotatable bonds is 2. The Morgan fingerprint density at radius 2 is 2.11 bits per heavy atom. The first-order valence-electron chi connectivity index (χ1n) is 6.02. The summed E-state index contributed by atoms with van der Waals surface area (Å²) in [5.74, 6) is 0. The Morgan fingerprint density at radius 3 is 2.74 bits per heavy atom. The first-order valence-corrected chi connectivity index (χ1v) is 6.02. The highest BCUT2D eigenvalue weighted by Gasteiger charge is 2.29. The maximum absolute atomic E-state index is 13.2. The van der Waals surface area contributed by atoms with Crippen LogP contribution in [0.3, 0.4) is 0 Å². The highest BCUT2D eigenvalue weighted by molar-refractivity contribution is 5.85. The van der Waals surface area contributed by atoms with E-state index >= 15 is 0 Å². The van der Waals surface area contributed by atoms with Gasteiger partial charge in [-0.15, -0.1) is 12.4 Å². The normalized spacial score (nSPS) is 22.5. The lowest BCUT2D eigenvalue weighted by Gasteiger charge is -2.32. The number of carbonyl (C=O) groups excluding carboxylic acids is 1. The lowest BCUT2D eigenvalue weighted by molar-refractivity contribution is 0.0703. The topological polar surface area (TPSA) is 55.6 Å². The number of carbonyl (C=O) groups is 1. The van der Waals surface area contributed by atoms with Crippen molar-refractivity contribution >= 4 is 18.5 Å². The van der Waals surface area contributed by atoms with E-state index in [0.29, 0.717) is 6.54 Å². The highest BCUT2D eigenvalue weighted by atomic mass is 35.5. The van der Waals surface area contributed by atoms with E-state index in [-0.39, 0.29) is 32.0 Å². The first-order chi connectivity index (χ1) is 8.66. The number of benzene rings is 1. The van der Waals surface area contributed by atoms with Crippen molar-refractivity contribution in [2.75, 3.05) is 13.1 Å². The van der Waals surface area contributed by atoms with Gasteiger partial charge in [0.05, 0.1) is 6.04 Å². The van der Waals surface area contributed by atoms with Gasteiger partial charge in [-0.05, 0) is 12.0 Å². The lowest BCUT2D eigenvalue weighted by atomic mass is 10.1. The smallest absolute Gasteiger partial charge is 0.410 e. The number of piperidine rings is 1. The third-order valence-electron chi connectivity index (χ3n) is 3.03. The Bertz CT molecular complexity index is 405. The van der Waals surface area contributed by atoms with E-state index < -0.39 is 18.3 Å². The number of nitrogens with two attached hydrogens (primary N) is 1. The predicted molar refractivity (Wildman–Crippen MR) is 72.9 cm³/mol. The van der Waals surface area contributed by atoms with Crippen molar-refractivity contribution in [3.8, 4) is 0 Å². The molecule has 0 bridgehead atoms. The second-order valence-electron chi connectivity index (χ2n) is 4.45. The molecular formula is C13H18ClFN2O2. The predicted octanol–water partition coefficient (Wildman–Crippen LogP) is 2.12. The zero-order valence-electron chi connectivity index (χ0n) is 10.5. The van der Waals surface area contributed by atoms with Crippen molar-refractivity contribution in [3.63, 3.8) is 0 Å². The molecule has 1 fully saturated rings. The number of hydrogen-bond donors (Lipinski definition) is 1. The molecule has 1 heterocycles. The molecule has 1 saturated heterocycles. The number of alkyl halides is 1. The summed E-state index contributed by atoms with van der Waals surface area (Å²) in [6.07, 6.45) is -1.17. The van der Waals surface area contributed by atoms with Crippen LogP contribution in [0.15, 0.2) is 30.3 Å². The Kier molecular flexibility index (Phi) is 6.05. The Hall–Kier alpha value is -1.33. The van der Waals surface area contributed by atoms with E-state index in [4.69, 9.17) is 10.5 Å². The molecule has 1 aliphatic heterocycles. The highest BCUT2D eigenvalue weighted by Crippen LogP contribution is 2.14. The van der Waals surface area contributed by atoms with Crippen LogP contribution < -0.4 is 5.73 Å². The van der Waals surface area contributed by atoms with Crippen LogP contribution in [-0.2, 0) is 11.3 Å². The SMILES string of the molecule is Cl.N[C@@H]1CN(C(=O)OCc2ccccc2)CC[C@@H]1F. The van der Waals surface area contributed by atoms with E-state index in [1.165, 1.54) is 4.90 Å². The van der Waals surface area contributed by atoms with Crippen LogP contribution in [0, 0.1) is 0 Å². The Labute approximate surface area is 118 Å². The molecule has 2 N–H and O–H groups in total. The van der Waals surface area contributed by atoms with E-state index in [1.54, 1.807) is 0 Å². The molecule has 0 saturated carbocycles. The quantitative estimate of drug-likeness (QED) is 0.907. The molecule has 1 aliphatic rings. The lowest BCUT2D eigenvalue weighted by Crippen LogP contribution is -2.51. The van der Waals surface area contributed by atoms with Gasteiger partial charge >= 0.3 is 6.09 Å². The number of nitrogens with zero attached hydrogens (tertiary/aromatic N) is 1.